The van der Waals surface area contributed by atoms with Gasteiger partial charge in [0.05, 0.1) is 0 Å². The third-order valence-electron chi connectivity index (χ3n) is 3.96. The van der Waals surface area contributed by atoms with Crippen LogP contribution in [0.3, 0.4) is 0 Å². The van der Waals surface area contributed by atoms with E-state index in [0.29, 0.717) is 18.1 Å². The van der Waals surface area contributed by atoms with Gasteiger partial charge in [-0.1, -0.05) is 6.92 Å². The van der Waals surface area contributed by atoms with E-state index in [1.165, 1.54) is 26.2 Å². The van der Waals surface area contributed by atoms with Crippen LogP contribution in [0.25, 0.3) is 0 Å². The molecule has 0 aromatic carbocycles. The van der Waals surface area contributed by atoms with Crippen molar-refractivity contribution in [2.75, 3.05) is 33.2 Å². The Hall–Kier alpha value is -0.120. The zero-order valence-electron chi connectivity index (χ0n) is 11.0. The second kappa shape index (κ2) is 5.83. The van der Waals surface area contributed by atoms with Gasteiger partial charge in [0, 0.05) is 37.8 Å². The summed E-state index contributed by atoms with van der Waals surface area (Å²) in [6.45, 7) is 14.0. The van der Waals surface area contributed by atoms with Gasteiger partial charge in [0.25, 0.3) is 0 Å². The van der Waals surface area contributed by atoms with Crippen molar-refractivity contribution in [3.05, 3.63) is 0 Å². The molecular weight excluding hydrogens is 186 g/mol. The Balaban J connectivity index is 2.46. The van der Waals surface area contributed by atoms with Crippen LogP contribution in [0.2, 0.25) is 0 Å². The molecule has 1 fully saturated rings. The molecule has 1 heterocycles. The fourth-order valence-corrected chi connectivity index (χ4v) is 2.42. The van der Waals surface area contributed by atoms with Crippen LogP contribution < -0.4 is 5.32 Å². The SMILES string of the molecule is CCN1CCN(C(C)C(C)NC)CC1C. The van der Waals surface area contributed by atoms with E-state index >= 15 is 0 Å². The summed E-state index contributed by atoms with van der Waals surface area (Å²) in [5, 5.41) is 3.35. The monoisotopic (exact) mass is 213 g/mol. The van der Waals surface area contributed by atoms with Gasteiger partial charge in [-0.3, -0.25) is 9.80 Å². The highest BCUT2D eigenvalue weighted by Crippen LogP contribution is 2.13. The van der Waals surface area contributed by atoms with E-state index in [0.717, 1.165) is 0 Å². The van der Waals surface area contributed by atoms with E-state index in [4.69, 9.17) is 0 Å². The van der Waals surface area contributed by atoms with Crippen molar-refractivity contribution in [1.29, 1.82) is 0 Å². The Labute approximate surface area is 94.8 Å². The molecule has 3 heteroatoms. The van der Waals surface area contributed by atoms with Crippen LogP contribution in [0.4, 0.5) is 0 Å². The van der Waals surface area contributed by atoms with Crippen molar-refractivity contribution < 1.29 is 0 Å². The van der Waals surface area contributed by atoms with Crippen LogP contribution in [0.1, 0.15) is 27.7 Å². The highest BCUT2D eigenvalue weighted by molar-refractivity contribution is 4.84. The molecule has 0 bridgehead atoms. The molecule has 0 spiro atoms. The lowest BCUT2D eigenvalue weighted by Gasteiger charge is -2.43. The molecule has 3 nitrogen and oxygen atoms in total. The number of hydrogen-bond donors (Lipinski definition) is 1. The maximum atomic E-state index is 3.35. The van der Waals surface area contributed by atoms with E-state index in [-0.39, 0.29) is 0 Å². The third kappa shape index (κ3) is 3.16. The van der Waals surface area contributed by atoms with Gasteiger partial charge >= 0.3 is 0 Å². The van der Waals surface area contributed by atoms with E-state index in [1.54, 1.807) is 0 Å². The molecule has 0 aromatic rings. The highest BCUT2D eigenvalue weighted by Gasteiger charge is 2.27. The van der Waals surface area contributed by atoms with E-state index in [1.807, 2.05) is 7.05 Å². The lowest BCUT2D eigenvalue weighted by atomic mass is 10.1. The summed E-state index contributed by atoms with van der Waals surface area (Å²) in [5.74, 6) is 0. The molecule has 0 aromatic heterocycles. The smallest absolute Gasteiger partial charge is 0.0219 e. The van der Waals surface area contributed by atoms with Gasteiger partial charge in [0.1, 0.15) is 0 Å². The number of nitrogens with one attached hydrogen (secondary N) is 1. The van der Waals surface area contributed by atoms with Crippen molar-refractivity contribution in [3.8, 4) is 0 Å². The van der Waals surface area contributed by atoms with E-state index in [9.17, 15) is 0 Å². The fourth-order valence-electron chi connectivity index (χ4n) is 2.42. The number of piperazine rings is 1. The summed E-state index contributed by atoms with van der Waals surface area (Å²) in [7, 11) is 2.05. The normalized spacial score (nSPS) is 29.0. The van der Waals surface area contributed by atoms with Crippen molar-refractivity contribution >= 4 is 0 Å². The third-order valence-corrected chi connectivity index (χ3v) is 3.96. The Morgan fingerprint density at radius 2 is 2.00 bits per heavy atom. The highest BCUT2D eigenvalue weighted by atomic mass is 15.3. The fraction of sp³-hybridized carbons (Fsp3) is 1.00. The zero-order valence-corrected chi connectivity index (χ0v) is 11.0. The first-order valence-corrected chi connectivity index (χ1v) is 6.25. The maximum absolute atomic E-state index is 3.35. The molecule has 15 heavy (non-hydrogen) atoms. The van der Waals surface area contributed by atoms with Gasteiger partial charge in [-0.2, -0.15) is 0 Å². The van der Waals surface area contributed by atoms with Crippen LogP contribution in [-0.2, 0) is 0 Å². The number of hydrogen-bond acceptors (Lipinski definition) is 3. The average molecular weight is 213 g/mol. The lowest BCUT2D eigenvalue weighted by Crippen LogP contribution is -2.57. The Kier molecular flexibility index (Phi) is 5.03. The minimum Gasteiger partial charge on any atom is -0.316 e. The summed E-state index contributed by atoms with van der Waals surface area (Å²) in [6, 6.07) is 1.91. The zero-order chi connectivity index (χ0) is 11.4. The molecule has 1 aliphatic rings. The first kappa shape index (κ1) is 12.9. The van der Waals surface area contributed by atoms with Crippen molar-refractivity contribution in [1.82, 2.24) is 15.1 Å². The average Bonchev–Trinajstić information content (AvgIpc) is 2.26. The summed E-state index contributed by atoms with van der Waals surface area (Å²) in [4.78, 5) is 5.17. The minimum atomic E-state index is 0.574. The summed E-state index contributed by atoms with van der Waals surface area (Å²) in [6.07, 6.45) is 0. The Morgan fingerprint density at radius 3 is 2.47 bits per heavy atom. The number of nitrogens with zero attached hydrogens (tertiary/aromatic N) is 2. The molecule has 0 saturated carbocycles. The van der Waals surface area contributed by atoms with Crippen molar-refractivity contribution in [2.24, 2.45) is 0 Å². The van der Waals surface area contributed by atoms with Gasteiger partial charge in [-0.05, 0) is 34.4 Å². The molecule has 1 rings (SSSR count). The summed E-state index contributed by atoms with van der Waals surface area (Å²) in [5.41, 5.74) is 0. The topological polar surface area (TPSA) is 18.5 Å². The predicted molar refractivity (Wildman–Crippen MR) is 66.3 cm³/mol. The number of rotatable bonds is 4. The number of likely N-dealkylation sites (N-methyl/N-ethyl adjacent to an activating group) is 2. The second-order valence-electron chi connectivity index (χ2n) is 4.79. The van der Waals surface area contributed by atoms with Crippen molar-refractivity contribution in [3.63, 3.8) is 0 Å². The predicted octanol–water partition coefficient (Wildman–Crippen LogP) is 1.01. The van der Waals surface area contributed by atoms with Gasteiger partial charge in [0.2, 0.25) is 0 Å². The van der Waals surface area contributed by atoms with Crippen LogP contribution in [0.5, 0.6) is 0 Å². The van der Waals surface area contributed by atoms with Gasteiger partial charge in [-0.15, -0.1) is 0 Å². The quantitative estimate of drug-likeness (QED) is 0.752. The molecular formula is C12H27N3. The van der Waals surface area contributed by atoms with E-state index in [2.05, 4.69) is 42.8 Å². The molecule has 0 aliphatic carbocycles. The molecule has 1 saturated heterocycles. The standard InChI is InChI=1S/C12H27N3/c1-6-14-7-8-15(9-10(14)2)12(4)11(3)13-5/h10-13H,6-9H2,1-5H3. The molecule has 1 N–H and O–H groups in total. The lowest BCUT2D eigenvalue weighted by molar-refractivity contribution is 0.0546. The largest absolute Gasteiger partial charge is 0.316 e. The Bertz CT molecular complexity index is 184. The maximum Gasteiger partial charge on any atom is 0.0219 e. The van der Waals surface area contributed by atoms with Crippen LogP contribution in [0.15, 0.2) is 0 Å². The Morgan fingerprint density at radius 1 is 1.33 bits per heavy atom. The first-order chi connectivity index (χ1) is 7.10. The summed E-state index contributed by atoms with van der Waals surface area (Å²) >= 11 is 0. The van der Waals surface area contributed by atoms with Crippen LogP contribution >= 0.6 is 0 Å². The van der Waals surface area contributed by atoms with Crippen LogP contribution in [-0.4, -0.2) is 61.2 Å². The van der Waals surface area contributed by atoms with Crippen molar-refractivity contribution in [2.45, 2.75) is 45.8 Å². The van der Waals surface area contributed by atoms with Gasteiger partial charge in [-0.25, -0.2) is 0 Å². The molecule has 3 atom stereocenters. The molecule has 3 unspecified atom stereocenters. The molecule has 90 valence electrons. The van der Waals surface area contributed by atoms with Gasteiger partial charge in [0.15, 0.2) is 0 Å². The second-order valence-corrected chi connectivity index (χ2v) is 4.79. The minimum absolute atomic E-state index is 0.574. The van der Waals surface area contributed by atoms with E-state index < -0.39 is 0 Å². The summed E-state index contributed by atoms with van der Waals surface area (Å²) < 4.78 is 0. The van der Waals surface area contributed by atoms with Crippen LogP contribution in [0, 0.1) is 0 Å². The van der Waals surface area contributed by atoms with Gasteiger partial charge < -0.3 is 5.32 Å². The molecule has 1 aliphatic heterocycles. The molecule has 0 radical (unpaired) electrons. The first-order valence-electron chi connectivity index (χ1n) is 6.25. The molecule has 0 amide bonds.